The number of carbonyl (C=O) groups excluding carboxylic acids is 1. The Kier molecular flexibility index (Phi) is 4.77. The Balaban J connectivity index is 2.88. The number of amides is 1. The van der Waals surface area contributed by atoms with E-state index in [4.69, 9.17) is 5.73 Å². The van der Waals surface area contributed by atoms with Crippen molar-refractivity contribution in [1.82, 2.24) is 5.32 Å². The van der Waals surface area contributed by atoms with E-state index in [0.29, 0.717) is 6.54 Å². The van der Waals surface area contributed by atoms with Gasteiger partial charge in [-0.2, -0.15) is 11.8 Å². The molecule has 0 fully saturated rings. The van der Waals surface area contributed by atoms with Gasteiger partial charge in [-0.1, -0.05) is 0 Å². The smallest absolute Gasteiger partial charge is 0.270 e. The number of nitrogens with zero attached hydrogens (tertiary/aromatic N) is 1. The Morgan fingerprint density at radius 3 is 2.68 bits per heavy atom. The highest BCUT2D eigenvalue weighted by molar-refractivity contribution is 7.99. The largest absolute Gasteiger partial charge is 0.398 e. The summed E-state index contributed by atoms with van der Waals surface area (Å²) < 4.78 is -0.106. The molecule has 19 heavy (non-hydrogen) atoms. The Morgan fingerprint density at radius 1 is 1.53 bits per heavy atom. The molecule has 6 nitrogen and oxygen atoms in total. The van der Waals surface area contributed by atoms with Gasteiger partial charge in [0.1, 0.15) is 0 Å². The molecule has 0 radical (unpaired) electrons. The van der Waals surface area contributed by atoms with Crippen LogP contribution in [0.25, 0.3) is 0 Å². The van der Waals surface area contributed by atoms with Crippen molar-refractivity contribution in [2.45, 2.75) is 18.6 Å². The first-order chi connectivity index (χ1) is 8.76. The van der Waals surface area contributed by atoms with Gasteiger partial charge in [0.05, 0.1) is 10.5 Å². The number of hydrogen-bond acceptors (Lipinski definition) is 5. The molecule has 0 bridgehead atoms. The highest BCUT2D eigenvalue weighted by Gasteiger charge is 2.20. The zero-order valence-corrected chi connectivity index (χ0v) is 11.9. The first kappa shape index (κ1) is 15.3. The van der Waals surface area contributed by atoms with E-state index in [2.05, 4.69) is 5.32 Å². The van der Waals surface area contributed by atoms with Crippen LogP contribution in [0.4, 0.5) is 11.4 Å². The predicted octanol–water partition coefficient (Wildman–Crippen LogP) is 2.05. The number of nitro groups is 1. The van der Waals surface area contributed by atoms with Crippen molar-refractivity contribution in [2.75, 3.05) is 18.5 Å². The number of nitrogens with two attached hydrogens (primary N) is 1. The first-order valence-corrected chi connectivity index (χ1v) is 6.86. The molecule has 0 heterocycles. The normalized spacial score (nSPS) is 11.1. The van der Waals surface area contributed by atoms with E-state index in [1.807, 2.05) is 20.1 Å². The molecule has 1 aromatic rings. The third kappa shape index (κ3) is 4.13. The third-order valence-corrected chi connectivity index (χ3v) is 3.97. The number of hydrogen-bond donors (Lipinski definition) is 2. The van der Waals surface area contributed by atoms with Crippen LogP contribution in [0.15, 0.2) is 18.2 Å². The molecule has 0 aliphatic rings. The van der Waals surface area contributed by atoms with Crippen LogP contribution in [0.5, 0.6) is 0 Å². The van der Waals surface area contributed by atoms with Crippen molar-refractivity contribution in [2.24, 2.45) is 0 Å². The molecule has 7 heteroatoms. The van der Waals surface area contributed by atoms with E-state index in [0.717, 1.165) is 0 Å². The molecule has 0 aliphatic heterocycles. The van der Waals surface area contributed by atoms with Gasteiger partial charge in [0.15, 0.2) is 0 Å². The van der Waals surface area contributed by atoms with Crippen molar-refractivity contribution in [3.05, 3.63) is 33.9 Å². The minimum atomic E-state index is -0.554. The molecule has 0 saturated carbocycles. The number of carbonyl (C=O) groups is 1. The Bertz CT molecular complexity index is 503. The lowest BCUT2D eigenvalue weighted by molar-refractivity contribution is -0.384. The highest BCUT2D eigenvalue weighted by atomic mass is 32.2. The van der Waals surface area contributed by atoms with Gasteiger partial charge < -0.3 is 11.1 Å². The third-order valence-electron chi connectivity index (χ3n) is 2.72. The minimum Gasteiger partial charge on any atom is -0.398 e. The molecule has 1 amide bonds. The van der Waals surface area contributed by atoms with Crippen LogP contribution in [0.2, 0.25) is 0 Å². The van der Waals surface area contributed by atoms with Gasteiger partial charge in [-0.05, 0) is 26.2 Å². The summed E-state index contributed by atoms with van der Waals surface area (Å²) in [7, 11) is 0. The minimum absolute atomic E-state index is 0.106. The van der Waals surface area contributed by atoms with Crippen LogP contribution < -0.4 is 11.1 Å². The van der Waals surface area contributed by atoms with Crippen LogP contribution >= 0.6 is 11.8 Å². The van der Waals surface area contributed by atoms with Crippen LogP contribution in [-0.4, -0.2) is 28.4 Å². The molecule has 0 aliphatic carbocycles. The first-order valence-electron chi connectivity index (χ1n) is 5.64. The standard InChI is InChI=1S/C12H17N3O3S/c1-12(2,19-3)7-14-11(16)9-6-8(15(17)18)4-5-10(9)13/h4-6H,7,13H2,1-3H3,(H,14,16). The van der Waals surface area contributed by atoms with Crippen molar-refractivity contribution in [1.29, 1.82) is 0 Å². The fourth-order valence-electron chi connectivity index (χ4n) is 1.32. The summed E-state index contributed by atoms with van der Waals surface area (Å²) in [5.74, 6) is -0.400. The number of anilines is 1. The van der Waals surface area contributed by atoms with Gasteiger partial charge in [-0.15, -0.1) is 0 Å². The molecule has 1 rings (SSSR count). The Labute approximate surface area is 115 Å². The van der Waals surface area contributed by atoms with Gasteiger partial charge in [0.2, 0.25) is 0 Å². The Morgan fingerprint density at radius 2 is 2.16 bits per heavy atom. The summed E-state index contributed by atoms with van der Waals surface area (Å²) in [6.45, 7) is 4.44. The lowest BCUT2D eigenvalue weighted by Gasteiger charge is -2.22. The zero-order chi connectivity index (χ0) is 14.6. The maximum Gasteiger partial charge on any atom is 0.270 e. The molecular formula is C12H17N3O3S. The summed E-state index contributed by atoms with van der Waals surface area (Å²) in [5.41, 5.74) is 5.88. The van der Waals surface area contributed by atoms with Gasteiger partial charge >= 0.3 is 0 Å². The summed E-state index contributed by atoms with van der Waals surface area (Å²) in [6.07, 6.45) is 1.95. The van der Waals surface area contributed by atoms with Crippen LogP contribution in [0, 0.1) is 10.1 Å². The SMILES string of the molecule is CSC(C)(C)CNC(=O)c1cc([N+](=O)[O-])ccc1N. The zero-order valence-electron chi connectivity index (χ0n) is 11.1. The predicted molar refractivity (Wildman–Crippen MR) is 77.4 cm³/mol. The maximum absolute atomic E-state index is 12.0. The second kappa shape index (κ2) is 5.92. The summed E-state index contributed by atoms with van der Waals surface area (Å²) >= 11 is 1.62. The number of thioether (sulfide) groups is 1. The molecule has 0 spiro atoms. The van der Waals surface area contributed by atoms with Crippen molar-refractivity contribution in [3.8, 4) is 0 Å². The molecule has 104 valence electrons. The van der Waals surface area contributed by atoms with Crippen molar-refractivity contribution in [3.63, 3.8) is 0 Å². The number of nitrogens with one attached hydrogen (secondary N) is 1. The molecular weight excluding hydrogens is 266 g/mol. The van der Waals surface area contributed by atoms with Crippen molar-refractivity contribution >= 4 is 29.0 Å². The lowest BCUT2D eigenvalue weighted by atomic mass is 10.1. The molecule has 0 aromatic heterocycles. The van der Waals surface area contributed by atoms with E-state index in [1.54, 1.807) is 11.8 Å². The average Bonchev–Trinajstić information content (AvgIpc) is 2.36. The van der Waals surface area contributed by atoms with Crippen molar-refractivity contribution < 1.29 is 9.72 Å². The van der Waals surface area contributed by atoms with E-state index in [9.17, 15) is 14.9 Å². The fraction of sp³-hybridized carbons (Fsp3) is 0.417. The second-order valence-corrected chi connectivity index (χ2v) is 6.19. The number of nitro benzene ring substituents is 1. The molecule has 1 aromatic carbocycles. The topological polar surface area (TPSA) is 98.3 Å². The molecule has 0 saturated heterocycles. The van der Waals surface area contributed by atoms with Crippen LogP contribution in [0.3, 0.4) is 0 Å². The number of rotatable bonds is 5. The number of benzene rings is 1. The summed E-state index contributed by atoms with van der Waals surface area (Å²) in [4.78, 5) is 22.1. The van der Waals surface area contributed by atoms with E-state index in [1.165, 1.54) is 18.2 Å². The van der Waals surface area contributed by atoms with Gasteiger partial charge in [0, 0.05) is 29.1 Å². The molecule has 3 N–H and O–H groups in total. The maximum atomic E-state index is 12.0. The number of nitrogen functional groups attached to an aromatic ring is 1. The van der Waals surface area contributed by atoms with Gasteiger partial charge in [-0.3, -0.25) is 14.9 Å². The van der Waals surface area contributed by atoms with Crippen LogP contribution in [-0.2, 0) is 0 Å². The molecule has 0 atom stereocenters. The average molecular weight is 283 g/mol. The van der Waals surface area contributed by atoms with Gasteiger partial charge in [0.25, 0.3) is 11.6 Å². The number of non-ortho nitro benzene ring substituents is 1. The van der Waals surface area contributed by atoms with Crippen LogP contribution in [0.1, 0.15) is 24.2 Å². The van der Waals surface area contributed by atoms with E-state index in [-0.39, 0.29) is 21.7 Å². The monoisotopic (exact) mass is 283 g/mol. The lowest BCUT2D eigenvalue weighted by Crippen LogP contribution is -2.36. The highest BCUT2D eigenvalue weighted by Crippen LogP contribution is 2.22. The Hall–Kier alpha value is -1.76. The van der Waals surface area contributed by atoms with E-state index < -0.39 is 10.8 Å². The quantitative estimate of drug-likeness (QED) is 0.489. The summed E-state index contributed by atoms with van der Waals surface area (Å²) in [6, 6.07) is 3.83. The molecule has 0 unspecified atom stereocenters. The second-order valence-electron chi connectivity index (χ2n) is 4.68. The summed E-state index contributed by atoms with van der Waals surface area (Å²) in [5, 5.41) is 13.4. The van der Waals surface area contributed by atoms with Gasteiger partial charge in [-0.25, -0.2) is 0 Å². The van der Waals surface area contributed by atoms with E-state index >= 15 is 0 Å². The fourth-order valence-corrected chi connectivity index (χ4v) is 1.53.